The minimum atomic E-state index is 0.0210. The molecule has 1 aromatic heterocycles. The summed E-state index contributed by atoms with van der Waals surface area (Å²) >= 11 is 1.47. The van der Waals surface area contributed by atoms with Gasteiger partial charge in [-0.15, -0.1) is 11.3 Å². The lowest BCUT2D eigenvalue weighted by atomic mass is 10.0. The quantitative estimate of drug-likeness (QED) is 0.911. The molecule has 0 aliphatic heterocycles. The molecular weight excluding hydrogens is 270 g/mol. The first-order chi connectivity index (χ1) is 9.78. The van der Waals surface area contributed by atoms with Crippen molar-refractivity contribution < 1.29 is 9.53 Å². The molecule has 1 heterocycles. The molecule has 20 heavy (non-hydrogen) atoms. The van der Waals surface area contributed by atoms with E-state index < -0.39 is 0 Å². The first-order valence-corrected chi connectivity index (χ1v) is 7.64. The number of methoxy groups -OCH3 is 1. The molecule has 1 fully saturated rings. The number of hydrogen-bond acceptors (Lipinski definition) is 3. The van der Waals surface area contributed by atoms with Crippen molar-refractivity contribution in [1.82, 2.24) is 5.32 Å². The van der Waals surface area contributed by atoms with Crippen LogP contribution < -0.4 is 10.1 Å². The number of carbonyl (C=O) groups excluding carboxylic acids is 1. The van der Waals surface area contributed by atoms with Crippen LogP contribution in [-0.4, -0.2) is 13.0 Å². The van der Waals surface area contributed by atoms with Crippen molar-refractivity contribution in [3.05, 3.63) is 52.2 Å². The maximum Gasteiger partial charge on any atom is 0.261 e. The molecule has 1 saturated carbocycles. The summed E-state index contributed by atoms with van der Waals surface area (Å²) in [5, 5.41) is 5.09. The monoisotopic (exact) mass is 287 g/mol. The van der Waals surface area contributed by atoms with Gasteiger partial charge in [-0.2, -0.15) is 0 Å². The van der Waals surface area contributed by atoms with Crippen LogP contribution in [0.4, 0.5) is 0 Å². The summed E-state index contributed by atoms with van der Waals surface area (Å²) in [5.74, 6) is 1.42. The van der Waals surface area contributed by atoms with E-state index in [-0.39, 0.29) is 11.9 Å². The van der Waals surface area contributed by atoms with Crippen molar-refractivity contribution in [1.29, 1.82) is 0 Å². The van der Waals surface area contributed by atoms with Gasteiger partial charge in [0.05, 0.1) is 18.0 Å². The van der Waals surface area contributed by atoms with Gasteiger partial charge in [-0.25, -0.2) is 0 Å². The molecule has 1 aliphatic rings. The molecule has 3 rings (SSSR count). The van der Waals surface area contributed by atoms with Crippen LogP contribution in [-0.2, 0) is 0 Å². The van der Waals surface area contributed by atoms with E-state index in [2.05, 4.69) is 5.32 Å². The molecule has 1 N–H and O–H groups in total. The van der Waals surface area contributed by atoms with Gasteiger partial charge >= 0.3 is 0 Å². The minimum absolute atomic E-state index is 0.0210. The molecule has 0 bridgehead atoms. The standard InChI is InChI=1S/C16H17NO2S/c1-19-13-8-6-12(7-9-13)15(11-4-5-11)17-16(18)14-3-2-10-20-14/h2-3,6-11,15H,4-5H2,1H3,(H,17,18)/t15-/m1/s1. The van der Waals surface area contributed by atoms with Crippen molar-refractivity contribution in [2.45, 2.75) is 18.9 Å². The van der Waals surface area contributed by atoms with Gasteiger partial charge in [0.15, 0.2) is 0 Å². The second-order valence-corrected chi connectivity index (χ2v) is 5.99. The van der Waals surface area contributed by atoms with E-state index in [9.17, 15) is 4.79 Å². The summed E-state index contributed by atoms with van der Waals surface area (Å²) in [5.41, 5.74) is 1.15. The van der Waals surface area contributed by atoms with Crippen molar-refractivity contribution in [2.75, 3.05) is 7.11 Å². The van der Waals surface area contributed by atoms with Crippen LogP contribution in [0.15, 0.2) is 41.8 Å². The Hall–Kier alpha value is -1.81. The van der Waals surface area contributed by atoms with E-state index in [1.165, 1.54) is 24.2 Å². The Kier molecular flexibility index (Phi) is 3.74. The molecule has 4 heteroatoms. The fourth-order valence-corrected chi connectivity index (χ4v) is 2.96. The number of carbonyl (C=O) groups is 1. The molecule has 0 radical (unpaired) electrons. The average Bonchev–Trinajstić information content (AvgIpc) is 3.17. The Morgan fingerprint density at radius 1 is 1.30 bits per heavy atom. The van der Waals surface area contributed by atoms with Crippen LogP contribution in [0.25, 0.3) is 0 Å². The molecule has 0 unspecified atom stereocenters. The molecule has 1 atom stereocenters. The van der Waals surface area contributed by atoms with E-state index in [0.29, 0.717) is 5.92 Å². The van der Waals surface area contributed by atoms with Crippen LogP contribution in [0.5, 0.6) is 5.75 Å². The van der Waals surface area contributed by atoms with Gasteiger partial charge in [0.1, 0.15) is 5.75 Å². The Morgan fingerprint density at radius 3 is 2.60 bits per heavy atom. The lowest BCUT2D eigenvalue weighted by molar-refractivity contribution is 0.0936. The van der Waals surface area contributed by atoms with Gasteiger partial charge in [-0.05, 0) is 47.9 Å². The number of nitrogens with one attached hydrogen (secondary N) is 1. The Morgan fingerprint density at radius 2 is 2.05 bits per heavy atom. The maximum absolute atomic E-state index is 12.2. The zero-order valence-electron chi connectivity index (χ0n) is 11.3. The second kappa shape index (κ2) is 5.67. The third-order valence-electron chi connectivity index (χ3n) is 3.60. The van der Waals surface area contributed by atoms with Crippen LogP contribution in [0, 0.1) is 5.92 Å². The van der Waals surface area contributed by atoms with Gasteiger partial charge in [-0.1, -0.05) is 18.2 Å². The topological polar surface area (TPSA) is 38.3 Å². The Bertz CT molecular complexity index is 573. The lowest BCUT2D eigenvalue weighted by Crippen LogP contribution is -2.29. The normalized spacial score (nSPS) is 15.7. The second-order valence-electron chi connectivity index (χ2n) is 5.04. The number of thiophene rings is 1. The number of hydrogen-bond donors (Lipinski definition) is 1. The first-order valence-electron chi connectivity index (χ1n) is 6.76. The predicted molar refractivity (Wildman–Crippen MR) is 80.2 cm³/mol. The number of ether oxygens (including phenoxy) is 1. The highest BCUT2D eigenvalue weighted by Crippen LogP contribution is 2.41. The molecule has 3 nitrogen and oxygen atoms in total. The highest BCUT2D eigenvalue weighted by molar-refractivity contribution is 7.12. The molecule has 0 spiro atoms. The average molecular weight is 287 g/mol. The van der Waals surface area contributed by atoms with Gasteiger partial charge in [0.2, 0.25) is 0 Å². The largest absolute Gasteiger partial charge is 0.497 e. The number of benzene rings is 1. The molecule has 104 valence electrons. The van der Waals surface area contributed by atoms with Crippen LogP contribution in [0.2, 0.25) is 0 Å². The minimum Gasteiger partial charge on any atom is -0.497 e. The summed E-state index contributed by atoms with van der Waals surface area (Å²) in [4.78, 5) is 13.0. The van der Waals surface area contributed by atoms with E-state index in [0.717, 1.165) is 16.2 Å². The summed E-state index contributed by atoms with van der Waals surface area (Å²) in [6.45, 7) is 0. The SMILES string of the molecule is COc1ccc([C@H](NC(=O)c2cccs2)C2CC2)cc1. The summed E-state index contributed by atoms with van der Waals surface area (Å²) in [6.07, 6.45) is 2.36. The van der Waals surface area contributed by atoms with Crippen molar-refractivity contribution >= 4 is 17.2 Å². The highest BCUT2D eigenvalue weighted by Gasteiger charge is 2.33. The smallest absolute Gasteiger partial charge is 0.261 e. The summed E-state index contributed by atoms with van der Waals surface area (Å²) in [7, 11) is 1.66. The number of rotatable bonds is 5. The zero-order chi connectivity index (χ0) is 13.9. The first kappa shape index (κ1) is 13.2. The molecule has 1 aliphatic carbocycles. The maximum atomic E-state index is 12.2. The molecule has 2 aromatic rings. The predicted octanol–water partition coefficient (Wildman–Crippen LogP) is 3.64. The third-order valence-corrected chi connectivity index (χ3v) is 4.47. The van der Waals surface area contributed by atoms with Crippen LogP contribution in [0.3, 0.4) is 0 Å². The zero-order valence-corrected chi connectivity index (χ0v) is 12.2. The third kappa shape index (κ3) is 2.85. The number of amides is 1. The van der Waals surface area contributed by atoms with E-state index in [4.69, 9.17) is 4.74 Å². The van der Waals surface area contributed by atoms with Gasteiger partial charge < -0.3 is 10.1 Å². The fourth-order valence-electron chi connectivity index (χ4n) is 2.33. The molecule has 1 amide bonds. The van der Waals surface area contributed by atoms with Crippen LogP contribution in [0.1, 0.15) is 34.1 Å². The lowest BCUT2D eigenvalue weighted by Gasteiger charge is -2.18. The van der Waals surface area contributed by atoms with E-state index in [1.54, 1.807) is 7.11 Å². The molecule has 1 aromatic carbocycles. The summed E-state index contributed by atoms with van der Waals surface area (Å²) < 4.78 is 5.18. The fraction of sp³-hybridized carbons (Fsp3) is 0.312. The Balaban J connectivity index is 1.76. The highest BCUT2D eigenvalue weighted by atomic mass is 32.1. The van der Waals surface area contributed by atoms with Crippen molar-refractivity contribution in [3.63, 3.8) is 0 Å². The van der Waals surface area contributed by atoms with Gasteiger partial charge in [-0.3, -0.25) is 4.79 Å². The van der Waals surface area contributed by atoms with Gasteiger partial charge in [0, 0.05) is 0 Å². The van der Waals surface area contributed by atoms with E-state index >= 15 is 0 Å². The van der Waals surface area contributed by atoms with Crippen molar-refractivity contribution in [3.8, 4) is 5.75 Å². The van der Waals surface area contributed by atoms with E-state index in [1.807, 2.05) is 41.8 Å². The van der Waals surface area contributed by atoms with Crippen LogP contribution >= 0.6 is 11.3 Å². The van der Waals surface area contributed by atoms with Gasteiger partial charge in [0.25, 0.3) is 5.91 Å². The van der Waals surface area contributed by atoms with Crippen molar-refractivity contribution in [2.24, 2.45) is 5.92 Å². The molecular formula is C16H17NO2S. The summed E-state index contributed by atoms with van der Waals surface area (Å²) in [6, 6.07) is 11.8. The molecule has 0 saturated heterocycles. The Labute approximate surface area is 122 Å².